The van der Waals surface area contributed by atoms with E-state index >= 15 is 0 Å². The van der Waals surface area contributed by atoms with Crippen LogP contribution in [-0.2, 0) is 6.54 Å². The minimum atomic E-state index is -0.0577. The van der Waals surface area contributed by atoms with Crippen LogP contribution in [0.3, 0.4) is 0 Å². The molecule has 1 heterocycles. The highest BCUT2D eigenvalue weighted by Crippen LogP contribution is 2.20. The van der Waals surface area contributed by atoms with Crippen molar-refractivity contribution in [2.24, 2.45) is 0 Å². The number of carbonyl (C=O) groups excluding carboxylic acids is 1. The number of amides is 1. The third kappa shape index (κ3) is 5.17. The van der Waals surface area contributed by atoms with Crippen LogP contribution in [0.5, 0.6) is 0 Å². The van der Waals surface area contributed by atoms with Gasteiger partial charge in [-0.1, -0.05) is 61.9 Å². The standard InChI is InChI=1S/C23H25N3O/c1-2-3-16-24-22-15-14-20(17-25-22)23(27)26(21-12-8-5-9-13-21)18-19-10-6-4-7-11-19/h4-15,17H,2-3,16,18H2,1H3,(H,24,25). The molecule has 0 spiro atoms. The van der Waals surface area contributed by atoms with E-state index in [1.807, 2.05) is 72.8 Å². The van der Waals surface area contributed by atoms with Crippen LogP contribution < -0.4 is 10.2 Å². The lowest BCUT2D eigenvalue weighted by Crippen LogP contribution is -2.30. The third-order valence-electron chi connectivity index (χ3n) is 4.34. The topological polar surface area (TPSA) is 45.2 Å². The van der Waals surface area contributed by atoms with Gasteiger partial charge >= 0.3 is 0 Å². The van der Waals surface area contributed by atoms with Gasteiger partial charge in [-0.3, -0.25) is 4.79 Å². The van der Waals surface area contributed by atoms with Crippen molar-refractivity contribution in [3.63, 3.8) is 0 Å². The van der Waals surface area contributed by atoms with Gasteiger partial charge in [-0.05, 0) is 36.2 Å². The number of carbonyl (C=O) groups is 1. The number of nitrogens with zero attached hydrogens (tertiary/aromatic N) is 2. The van der Waals surface area contributed by atoms with E-state index in [-0.39, 0.29) is 5.91 Å². The van der Waals surface area contributed by atoms with Gasteiger partial charge in [0.1, 0.15) is 5.82 Å². The minimum Gasteiger partial charge on any atom is -0.370 e. The van der Waals surface area contributed by atoms with Crippen molar-refractivity contribution in [2.45, 2.75) is 26.3 Å². The molecule has 1 aromatic heterocycles. The van der Waals surface area contributed by atoms with Gasteiger partial charge in [0.2, 0.25) is 0 Å². The zero-order valence-corrected chi connectivity index (χ0v) is 15.6. The lowest BCUT2D eigenvalue weighted by Gasteiger charge is -2.23. The molecule has 0 aliphatic rings. The maximum Gasteiger partial charge on any atom is 0.260 e. The second kappa shape index (κ2) is 9.53. The minimum absolute atomic E-state index is 0.0577. The Hall–Kier alpha value is -3.14. The second-order valence-corrected chi connectivity index (χ2v) is 6.42. The monoisotopic (exact) mass is 359 g/mol. The summed E-state index contributed by atoms with van der Waals surface area (Å²) >= 11 is 0. The summed E-state index contributed by atoms with van der Waals surface area (Å²) in [6.07, 6.45) is 3.88. The zero-order valence-electron chi connectivity index (χ0n) is 15.6. The van der Waals surface area contributed by atoms with E-state index in [1.165, 1.54) is 0 Å². The van der Waals surface area contributed by atoms with Crippen molar-refractivity contribution >= 4 is 17.4 Å². The number of rotatable bonds is 8. The van der Waals surface area contributed by atoms with Crippen LogP contribution in [0.15, 0.2) is 79.0 Å². The Morgan fingerprint density at radius 1 is 0.963 bits per heavy atom. The molecule has 0 saturated carbocycles. The largest absolute Gasteiger partial charge is 0.370 e. The van der Waals surface area contributed by atoms with Gasteiger partial charge in [0.05, 0.1) is 12.1 Å². The molecule has 138 valence electrons. The van der Waals surface area contributed by atoms with Crippen LogP contribution >= 0.6 is 0 Å². The molecule has 0 aliphatic heterocycles. The number of benzene rings is 2. The summed E-state index contributed by atoms with van der Waals surface area (Å²) < 4.78 is 0. The fourth-order valence-corrected chi connectivity index (χ4v) is 2.83. The first-order valence-corrected chi connectivity index (χ1v) is 9.38. The molecule has 4 nitrogen and oxygen atoms in total. The van der Waals surface area contributed by atoms with Crippen LogP contribution in [0, 0.1) is 0 Å². The first kappa shape index (κ1) is 18.6. The van der Waals surface area contributed by atoms with Crippen LogP contribution in [0.4, 0.5) is 11.5 Å². The molecule has 3 aromatic rings. The van der Waals surface area contributed by atoms with Gasteiger partial charge in [0.15, 0.2) is 0 Å². The third-order valence-corrected chi connectivity index (χ3v) is 4.34. The first-order chi connectivity index (χ1) is 13.3. The Morgan fingerprint density at radius 2 is 1.67 bits per heavy atom. The lowest BCUT2D eigenvalue weighted by molar-refractivity contribution is 0.0985. The summed E-state index contributed by atoms with van der Waals surface area (Å²) in [5.41, 5.74) is 2.54. The molecule has 1 amide bonds. The number of aromatic nitrogens is 1. The number of unbranched alkanes of at least 4 members (excludes halogenated alkanes) is 1. The Bertz CT molecular complexity index is 833. The van der Waals surface area contributed by atoms with Crippen molar-refractivity contribution in [1.82, 2.24) is 4.98 Å². The smallest absolute Gasteiger partial charge is 0.260 e. The van der Waals surface area contributed by atoms with E-state index in [9.17, 15) is 4.79 Å². The summed E-state index contributed by atoms with van der Waals surface area (Å²) in [5.74, 6) is 0.743. The fourth-order valence-electron chi connectivity index (χ4n) is 2.83. The lowest BCUT2D eigenvalue weighted by atomic mass is 10.1. The summed E-state index contributed by atoms with van der Waals surface area (Å²) in [4.78, 5) is 19.4. The molecule has 27 heavy (non-hydrogen) atoms. The molecule has 0 fully saturated rings. The fraction of sp³-hybridized carbons (Fsp3) is 0.217. The van der Waals surface area contributed by atoms with Crippen molar-refractivity contribution in [3.05, 3.63) is 90.1 Å². The van der Waals surface area contributed by atoms with Gasteiger partial charge in [-0.2, -0.15) is 0 Å². The Labute approximate surface area is 160 Å². The Balaban J connectivity index is 1.80. The number of hydrogen-bond acceptors (Lipinski definition) is 3. The van der Waals surface area contributed by atoms with Gasteiger partial charge < -0.3 is 10.2 Å². The molecule has 2 aromatic carbocycles. The summed E-state index contributed by atoms with van der Waals surface area (Å²) in [6, 6.07) is 23.5. The van der Waals surface area contributed by atoms with E-state index in [0.29, 0.717) is 12.1 Å². The predicted molar refractivity (Wildman–Crippen MR) is 111 cm³/mol. The Kier molecular flexibility index (Phi) is 6.58. The molecule has 0 radical (unpaired) electrons. The summed E-state index contributed by atoms with van der Waals surface area (Å²) in [6.45, 7) is 3.56. The molecule has 0 bridgehead atoms. The van der Waals surface area contributed by atoms with Crippen molar-refractivity contribution in [3.8, 4) is 0 Å². The second-order valence-electron chi connectivity index (χ2n) is 6.42. The number of pyridine rings is 1. The molecule has 0 aliphatic carbocycles. The molecular weight excluding hydrogens is 334 g/mol. The molecule has 4 heteroatoms. The summed E-state index contributed by atoms with van der Waals surface area (Å²) in [7, 11) is 0. The van der Waals surface area contributed by atoms with Gasteiger partial charge in [-0.25, -0.2) is 4.98 Å². The van der Waals surface area contributed by atoms with Gasteiger partial charge in [0.25, 0.3) is 5.91 Å². The quantitative estimate of drug-likeness (QED) is 0.566. The van der Waals surface area contributed by atoms with Crippen molar-refractivity contribution < 1.29 is 4.79 Å². The average molecular weight is 359 g/mol. The van der Waals surface area contributed by atoms with Crippen LogP contribution in [0.2, 0.25) is 0 Å². The average Bonchev–Trinajstić information content (AvgIpc) is 2.74. The number of para-hydroxylation sites is 1. The van der Waals surface area contributed by atoms with Crippen LogP contribution in [0.1, 0.15) is 35.7 Å². The number of anilines is 2. The van der Waals surface area contributed by atoms with E-state index in [0.717, 1.165) is 36.5 Å². The molecule has 1 N–H and O–H groups in total. The van der Waals surface area contributed by atoms with E-state index in [2.05, 4.69) is 17.2 Å². The highest BCUT2D eigenvalue weighted by atomic mass is 16.2. The first-order valence-electron chi connectivity index (χ1n) is 9.38. The Morgan fingerprint density at radius 3 is 2.30 bits per heavy atom. The highest BCUT2D eigenvalue weighted by Gasteiger charge is 2.18. The highest BCUT2D eigenvalue weighted by molar-refractivity contribution is 6.05. The maximum atomic E-state index is 13.2. The van der Waals surface area contributed by atoms with Gasteiger partial charge in [0, 0.05) is 18.4 Å². The normalized spacial score (nSPS) is 10.4. The molecular formula is C23H25N3O. The molecule has 0 unspecified atom stereocenters. The molecule has 0 saturated heterocycles. The van der Waals surface area contributed by atoms with Crippen LogP contribution in [-0.4, -0.2) is 17.4 Å². The molecule has 3 rings (SSSR count). The van der Waals surface area contributed by atoms with Gasteiger partial charge in [-0.15, -0.1) is 0 Å². The van der Waals surface area contributed by atoms with Crippen LogP contribution in [0.25, 0.3) is 0 Å². The van der Waals surface area contributed by atoms with E-state index in [4.69, 9.17) is 0 Å². The predicted octanol–water partition coefficient (Wildman–Crippen LogP) is 5.14. The zero-order chi connectivity index (χ0) is 18.9. The summed E-state index contributed by atoms with van der Waals surface area (Å²) in [5, 5.41) is 3.28. The molecule has 0 atom stereocenters. The van der Waals surface area contributed by atoms with Crippen molar-refractivity contribution in [2.75, 3.05) is 16.8 Å². The van der Waals surface area contributed by atoms with E-state index < -0.39 is 0 Å². The van der Waals surface area contributed by atoms with Crippen molar-refractivity contribution in [1.29, 1.82) is 0 Å². The van der Waals surface area contributed by atoms with E-state index in [1.54, 1.807) is 11.1 Å². The SMILES string of the molecule is CCCCNc1ccc(C(=O)N(Cc2ccccc2)c2ccccc2)cn1. The number of nitrogens with one attached hydrogen (secondary N) is 1. The number of hydrogen-bond donors (Lipinski definition) is 1. The maximum absolute atomic E-state index is 13.2.